The molecule has 0 saturated carbocycles. The Labute approximate surface area is 384 Å². The van der Waals surface area contributed by atoms with Crippen molar-refractivity contribution >= 4 is 70.0 Å². The second-order valence-corrected chi connectivity index (χ2v) is 16.8. The van der Waals surface area contributed by atoms with Crippen molar-refractivity contribution < 1.29 is 38.4 Å². The predicted octanol–water partition coefficient (Wildman–Crippen LogP) is 7.76. The first-order chi connectivity index (χ1) is 31.5. The van der Waals surface area contributed by atoms with E-state index < -0.39 is 0 Å². The maximum absolute atomic E-state index is 12.2. The highest BCUT2D eigenvalue weighted by molar-refractivity contribution is 6.31. The lowest BCUT2D eigenvalue weighted by molar-refractivity contribution is -0.121. The number of imide groups is 4. The van der Waals surface area contributed by atoms with E-state index in [0.29, 0.717) is 61.3 Å². The van der Waals surface area contributed by atoms with Crippen LogP contribution in [0.5, 0.6) is 0 Å². The molecule has 8 amide bonds. The monoisotopic (exact) mass is 884 g/mol. The zero-order valence-electron chi connectivity index (χ0n) is 38.5. The first kappa shape index (κ1) is 46.4. The maximum atomic E-state index is 12.2. The standard InChI is InChI=1S/2C27H26N2O4/c2*1-5-20-14-18(11-16(3)26(20)28-22(30)7-8-23(28)31)13-19-12-17(4)27(21(6-2)15-19)29-24(32)9-10-25(29)33/h2*7-12,14-15H,5-6,13H2,1-4H3. The number of aryl methyl sites for hydroxylation is 8. The molecular weight excluding hydrogens is 833 g/mol. The average Bonchev–Trinajstić information content (AvgIpc) is 4.00. The molecule has 0 N–H and O–H groups in total. The SMILES string of the molecule is CCc1cc(Cc2cc(C)c(N3C(=O)C=CC3=O)c(CC)c2)cc(C)c1N1C(=O)C=CC1=O.CCc1cc(Cc2cc(C)c(N3C(=O)C=CC3=O)c(CC)c2)cc(C)c1N1C(=O)C=CC1=O. The van der Waals surface area contributed by atoms with E-state index >= 15 is 0 Å². The number of hydrogen-bond acceptors (Lipinski definition) is 8. The smallest absolute Gasteiger partial charge is 0.258 e. The third-order valence-electron chi connectivity index (χ3n) is 12.2. The lowest BCUT2D eigenvalue weighted by atomic mass is 9.93. The lowest BCUT2D eigenvalue weighted by Gasteiger charge is -2.23. The molecule has 0 spiro atoms. The number of carbonyl (C=O) groups excluding carboxylic acids is 8. The van der Waals surface area contributed by atoms with E-state index in [1.807, 2.05) is 104 Å². The second kappa shape index (κ2) is 18.9. The second-order valence-electron chi connectivity index (χ2n) is 16.8. The van der Waals surface area contributed by atoms with E-state index in [-0.39, 0.29) is 47.3 Å². The molecule has 0 aliphatic carbocycles. The van der Waals surface area contributed by atoms with Gasteiger partial charge >= 0.3 is 0 Å². The minimum Gasteiger partial charge on any atom is -0.269 e. The first-order valence-corrected chi connectivity index (χ1v) is 22.2. The topological polar surface area (TPSA) is 150 Å². The summed E-state index contributed by atoms with van der Waals surface area (Å²) >= 11 is 0. The van der Waals surface area contributed by atoms with Gasteiger partial charge < -0.3 is 0 Å². The van der Waals surface area contributed by atoms with E-state index in [1.165, 1.54) is 68.2 Å². The van der Waals surface area contributed by atoms with Crippen molar-refractivity contribution in [2.75, 3.05) is 19.6 Å². The number of benzene rings is 4. The molecule has 0 atom stereocenters. The normalized spacial score (nSPS) is 15.5. The van der Waals surface area contributed by atoms with Crippen LogP contribution >= 0.6 is 0 Å². The summed E-state index contributed by atoms with van der Waals surface area (Å²) in [5.41, 5.74) is 14.2. The summed E-state index contributed by atoms with van der Waals surface area (Å²) in [5, 5.41) is 0. The number of nitrogens with zero attached hydrogens (tertiary/aromatic N) is 4. The van der Waals surface area contributed by atoms with Gasteiger partial charge in [0.2, 0.25) is 0 Å². The molecule has 12 heteroatoms. The Balaban J connectivity index is 0.000000196. The highest BCUT2D eigenvalue weighted by atomic mass is 16.2. The Kier molecular flexibility index (Phi) is 13.3. The van der Waals surface area contributed by atoms with Crippen LogP contribution in [-0.2, 0) is 76.9 Å². The molecule has 336 valence electrons. The summed E-state index contributed by atoms with van der Waals surface area (Å²) in [6.45, 7) is 15.7. The van der Waals surface area contributed by atoms with E-state index in [2.05, 4.69) is 0 Å². The van der Waals surface area contributed by atoms with Gasteiger partial charge in [0.15, 0.2) is 0 Å². The van der Waals surface area contributed by atoms with Crippen LogP contribution in [0.15, 0.2) is 97.1 Å². The number of hydrogen-bond donors (Lipinski definition) is 0. The van der Waals surface area contributed by atoms with Crippen molar-refractivity contribution in [3.8, 4) is 0 Å². The fourth-order valence-corrected chi connectivity index (χ4v) is 9.45. The zero-order chi connectivity index (χ0) is 47.7. The molecule has 0 aromatic heterocycles. The van der Waals surface area contributed by atoms with Gasteiger partial charge in [0.05, 0.1) is 22.7 Å². The third-order valence-corrected chi connectivity index (χ3v) is 12.2. The van der Waals surface area contributed by atoms with Crippen molar-refractivity contribution in [2.24, 2.45) is 0 Å². The summed E-state index contributed by atoms with van der Waals surface area (Å²) < 4.78 is 0. The number of rotatable bonds is 12. The Hall–Kier alpha value is -7.60. The molecule has 4 aliphatic rings. The van der Waals surface area contributed by atoms with Gasteiger partial charge in [-0.1, -0.05) is 76.2 Å². The minimum absolute atomic E-state index is 0.315. The van der Waals surface area contributed by atoms with Crippen molar-refractivity contribution in [3.05, 3.63) is 164 Å². The van der Waals surface area contributed by atoms with Crippen LogP contribution in [0, 0.1) is 27.7 Å². The van der Waals surface area contributed by atoms with Crippen molar-refractivity contribution in [1.82, 2.24) is 0 Å². The largest absolute Gasteiger partial charge is 0.269 e. The van der Waals surface area contributed by atoms with E-state index in [9.17, 15) is 38.4 Å². The highest BCUT2D eigenvalue weighted by Gasteiger charge is 2.32. The molecule has 0 radical (unpaired) electrons. The van der Waals surface area contributed by atoms with Crippen LogP contribution in [0.3, 0.4) is 0 Å². The number of carbonyl (C=O) groups is 8. The third kappa shape index (κ3) is 8.78. The quantitative estimate of drug-likeness (QED) is 0.131. The highest BCUT2D eigenvalue weighted by Crippen LogP contribution is 2.36. The Morgan fingerprint density at radius 1 is 0.288 bits per heavy atom. The summed E-state index contributed by atoms with van der Waals surface area (Å²) in [7, 11) is 0. The Bertz CT molecular complexity index is 2470. The molecule has 4 aromatic rings. The van der Waals surface area contributed by atoms with Crippen LogP contribution in [0.1, 0.15) is 94.5 Å². The van der Waals surface area contributed by atoms with Gasteiger partial charge in [-0.3, -0.25) is 38.4 Å². The summed E-state index contributed by atoms with van der Waals surface area (Å²) in [5.74, 6) is -2.52. The van der Waals surface area contributed by atoms with Crippen LogP contribution in [-0.4, -0.2) is 47.3 Å². The van der Waals surface area contributed by atoms with Crippen molar-refractivity contribution in [2.45, 2.75) is 93.9 Å². The Morgan fingerprint density at radius 3 is 0.606 bits per heavy atom. The molecule has 0 unspecified atom stereocenters. The molecule has 0 saturated heterocycles. The molecule has 66 heavy (non-hydrogen) atoms. The van der Waals surface area contributed by atoms with Crippen molar-refractivity contribution in [3.63, 3.8) is 0 Å². The fourth-order valence-electron chi connectivity index (χ4n) is 9.45. The molecule has 4 aromatic carbocycles. The fraction of sp³-hybridized carbons (Fsp3) is 0.259. The minimum atomic E-state index is -0.315. The predicted molar refractivity (Wildman–Crippen MR) is 254 cm³/mol. The zero-order valence-corrected chi connectivity index (χ0v) is 38.5. The van der Waals surface area contributed by atoms with Gasteiger partial charge in [-0.15, -0.1) is 0 Å². The van der Waals surface area contributed by atoms with E-state index in [4.69, 9.17) is 0 Å². The summed E-state index contributed by atoms with van der Waals surface area (Å²) in [6, 6.07) is 16.3. The summed E-state index contributed by atoms with van der Waals surface area (Å²) in [6.07, 6.45) is 14.5. The van der Waals surface area contributed by atoms with Crippen molar-refractivity contribution in [1.29, 1.82) is 0 Å². The number of anilines is 4. The van der Waals surface area contributed by atoms with E-state index in [1.54, 1.807) is 0 Å². The van der Waals surface area contributed by atoms with E-state index in [0.717, 1.165) is 66.8 Å². The molecule has 12 nitrogen and oxygen atoms in total. The molecular formula is C54H52N4O8. The molecule has 0 bridgehead atoms. The molecule has 8 rings (SSSR count). The Morgan fingerprint density at radius 2 is 0.455 bits per heavy atom. The number of amides is 8. The summed E-state index contributed by atoms with van der Waals surface area (Å²) in [4.78, 5) is 103. The van der Waals surface area contributed by atoms with Gasteiger partial charge in [-0.25, -0.2) is 19.6 Å². The maximum Gasteiger partial charge on any atom is 0.258 e. The van der Waals surface area contributed by atoms with Crippen LogP contribution < -0.4 is 19.6 Å². The van der Waals surface area contributed by atoms with Crippen LogP contribution in [0.4, 0.5) is 22.7 Å². The molecule has 4 aliphatic heterocycles. The van der Waals surface area contributed by atoms with Gasteiger partial charge in [0.1, 0.15) is 0 Å². The average molecular weight is 885 g/mol. The van der Waals surface area contributed by atoms with Gasteiger partial charge in [0.25, 0.3) is 47.3 Å². The molecule has 4 heterocycles. The molecule has 0 fully saturated rings. The van der Waals surface area contributed by atoms with Crippen LogP contribution in [0.2, 0.25) is 0 Å². The van der Waals surface area contributed by atoms with Gasteiger partial charge in [-0.05, 0) is 133 Å². The van der Waals surface area contributed by atoms with Crippen LogP contribution in [0.25, 0.3) is 0 Å². The first-order valence-electron chi connectivity index (χ1n) is 22.2. The van der Waals surface area contributed by atoms with Gasteiger partial charge in [-0.2, -0.15) is 0 Å². The van der Waals surface area contributed by atoms with Gasteiger partial charge in [0, 0.05) is 48.6 Å². The lowest BCUT2D eigenvalue weighted by Crippen LogP contribution is -2.31.